The number of methoxy groups -OCH3 is 1. The molecule has 1 rings (SSSR count). The largest absolute Gasteiger partial charge is 0.497 e. The Morgan fingerprint density at radius 2 is 1.84 bits per heavy atom. The van der Waals surface area contributed by atoms with Crippen molar-refractivity contribution >= 4 is 16.0 Å². The first kappa shape index (κ1) is 15.4. The lowest BCUT2D eigenvalue weighted by molar-refractivity contribution is -0.141. The van der Waals surface area contributed by atoms with Gasteiger partial charge in [-0.3, -0.25) is 4.79 Å². The van der Waals surface area contributed by atoms with Crippen molar-refractivity contribution in [3.8, 4) is 5.75 Å². The van der Waals surface area contributed by atoms with E-state index in [4.69, 9.17) is 9.84 Å². The summed E-state index contributed by atoms with van der Waals surface area (Å²) in [6.07, 6.45) is -1.36. The van der Waals surface area contributed by atoms with Crippen LogP contribution in [0.3, 0.4) is 0 Å². The zero-order valence-electron chi connectivity index (χ0n) is 10.4. The van der Waals surface area contributed by atoms with Crippen LogP contribution in [-0.2, 0) is 14.8 Å². The van der Waals surface area contributed by atoms with Gasteiger partial charge in [0.15, 0.2) is 0 Å². The smallest absolute Gasteiger partial charge is 0.324 e. The van der Waals surface area contributed by atoms with Crippen LogP contribution in [0.5, 0.6) is 5.75 Å². The monoisotopic (exact) mass is 289 g/mol. The van der Waals surface area contributed by atoms with E-state index in [9.17, 15) is 18.3 Å². The Balaban J connectivity index is 2.99. The van der Waals surface area contributed by atoms with E-state index in [2.05, 4.69) is 0 Å². The van der Waals surface area contributed by atoms with Gasteiger partial charge in [-0.25, -0.2) is 8.42 Å². The van der Waals surface area contributed by atoms with E-state index < -0.39 is 28.1 Å². The van der Waals surface area contributed by atoms with Crippen LogP contribution in [0.1, 0.15) is 6.92 Å². The molecule has 0 fully saturated rings. The van der Waals surface area contributed by atoms with Gasteiger partial charge in [0, 0.05) is 0 Å². The lowest BCUT2D eigenvalue weighted by Crippen LogP contribution is -2.47. The summed E-state index contributed by atoms with van der Waals surface area (Å²) in [5.74, 6) is -0.976. The number of carbonyl (C=O) groups is 1. The molecule has 0 spiro atoms. The molecule has 0 aliphatic carbocycles. The van der Waals surface area contributed by atoms with E-state index >= 15 is 0 Å². The predicted octanol–water partition coefficient (Wildman–Crippen LogP) is -0.193. The zero-order chi connectivity index (χ0) is 14.6. The Kier molecular flexibility index (Phi) is 4.87. The van der Waals surface area contributed by atoms with Crippen LogP contribution in [0, 0.1) is 0 Å². The summed E-state index contributed by atoms with van der Waals surface area (Å²) in [4.78, 5) is 10.7. The Bertz CT molecular complexity index is 537. The molecule has 1 unspecified atom stereocenters. The number of aliphatic hydroxyl groups is 1. The molecule has 2 atom stereocenters. The van der Waals surface area contributed by atoms with Crippen molar-refractivity contribution in [1.29, 1.82) is 0 Å². The SMILES string of the molecule is COc1ccc(S(=O)(=O)N[C@H](C(=O)O)C(C)O)cc1. The Labute approximate surface area is 110 Å². The third-order valence-electron chi connectivity index (χ3n) is 2.40. The van der Waals surface area contributed by atoms with Crippen molar-refractivity contribution in [3.63, 3.8) is 0 Å². The Morgan fingerprint density at radius 3 is 2.21 bits per heavy atom. The summed E-state index contributed by atoms with van der Waals surface area (Å²) in [6.45, 7) is 1.19. The highest BCUT2D eigenvalue weighted by atomic mass is 32.2. The van der Waals surface area contributed by atoms with Crippen LogP contribution in [0.15, 0.2) is 29.2 Å². The first-order valence-electron chi connectivity index (χ1n) is 5.35. The Morgan fingerprint density at radius 1 is 1.32 bits per heavy atom. The van der Waals surface area contributed by atoms with E-state index in [0.717, 1.165) is 0 Å². The number of hydrogen-bond donors (Lipinski definition) is 3. The fraction of sp³-hybridized carbons (Fsp3) is 0.364. The van der Waals surface area contributed by atoms with Gasteiger partial charge in [-0.05, 0) is 31.2 Å². The molecule has 0 aromatic heterocycles. The molecule has 19 heavy (non-hydrogen) atoms. The maximum Gasteiger partial charge on any atom is 0.324 e. The van der Waals surface area contributed by atoms with Crippen molar-refractivity contribution < 1.29 is 28.2 Å². The van der Waals surface area contributed by atoms with Gasteiger partial charge in [-0.15, -0.1) is 0 Å². The van der Waals surface area contributed by atoms with Crippen LogP contribution in [0.25, 0.3) is 0 Å². The van der Waals surface area contributed by atoms with E-state index in [1.54, 1.807) is 0 Å². The first-order chi connectivity index (χ1) is 8.77. The standard InChI is InChI=1S/C11H15NO6S/c1-7(13)10(11(14)15)12-19(16,17)9-5-3-8(18-2)4-6-9/h3-7,10,12-13H,1-2H3,(H,14,15)/t7?,10-/m0/s1. The van der Waals surface area contributed by atoms with Crippen LogP contribution in [0.2, 0.25) is 0 Å². The molecule has 0 aliphatic rings. The molecule has 0 amide bonds. The van der Waals surface area contributed by atoms with Crippen LogP contribution in [-0.4, -0.2) is 43.9 Å². The van der Waals surface area contributed by atoms with Gasteiger partial charge < -0.3 is 14.9 Å². The van der Waals surface area contributed by atoms with Gasteiger partial charge in [0.2, 0.25) is 10.0 Å². The number of rotatable bonds is 6. The highest BCUT2D eigenvalue weighted by molar-refractivity contribution is 7.89. The molecule has 1 aromatic rings. The molecule has 0 saturated carbocycles. The minimum atomic E-state index is -4.02. The summed E-state index contributed by atoms with van der Waals surface area (Å²) >= 11 is 0. The molecule has 0 saturated heterocycles. The van der Waals surface area contributed by atoms with Crippen LogP contribution in [0.4, 0.5) is 0 Å². The molecule has 8 heteroatoms. The number of hydrogen-bond acceptors (Lipinski definition) is 5. The number of benzene rings is 1. The second kappa shape index (κ2) is 6.00. The quantitative estimate of drug-likeness (QED) is 0.669. The minimum Gasteiger partial charge on any atom is -0.497 e. The van der Waals surface area contributed by atoms with Gasteiger partial charge >= 0.3 is 5.97 Å². The molecule has 3 N–H and O–H groups in total. The van der Waals surface area contributed by atoms with E-state index in [-0.39, 0.29) is 4.90 Å². The maximum atomic E-state index is 11.9. The number of carboxylic acid groups (broad SMARTS) is 1. The highest BCUT2D eigenvalue weighted by Gasteiger charge is 2.29. The van der Waals surface area contributed by atoms with Crippen molar-refractivity contribution in [3.05, 3.63) is 24.3 Å². The summed E-state index contributed by atoms with van der Waals surface area (Å²) < 4.78 is 30.7. The second-order valence-corrected chi connectivity index (χ2v) is 5.57. The van der Waals surface area contributed by atoms with E-state index in [0.29, 0.717) is 5.75 Å². The highest BCUT2D eigenvalue weighted by Crippen LogP contribution is 2.16. The lowest BCUT2D eigenvalue weighted by atomic mass is 10.2. The molecular formula is C11H15NO6S. The summed E-state index contributed by atoms with van der Waals surface area (Å²) in [5, 5.41) is 18.1. The molecule has 0 aliphatic heterocycles. The number of aliphatic carboxylic acids is 1. The van der Waals surface area contributed by atoms with Crippen molar-refractivity contribution in [2.45, 2.75) is 24.0 Å². The third kappa shape index (κ3) is 3.91. The summed E-state index contributed by atoms with van der Waals surface area (Å²) in [5.41, 5.74) is 0. The predicted molar refractivity (Wildman–Crippen MR) is 66.4 cm³/mol. The normalized spacial score (nSPS) is 14.7. The lowest BCUT2D eigenvalue weighted by Gasteiger charge is -2.17. The molecule has 0 bridgehead atoms. The zero-order valence-corrected chi connectivity index (χ0v) is 11.2. The van der Waals surface area contributed by atoms with Gasteiger partial charge in [0.05, 0.1) is 18.1 Å². The van der Waals surface area contributed by atoms with Crippen molar-refractivity contribution in [2.75, 3.05) is 7.11 Å². The molecule has 7 nitrogen and oxygen atoms in total. The number of sulfonamides is 1. The number of carboxylic acids is 1. The summed E-state index contributed by atoms with van der Waals surface area (Å²) in [7, 11) is -2.58. The molecule has 0 radical (unpaired) electrons. The fourth-order valence-electron chi connectivity index (χ4n) is 1.35. The van der Waals surface area contributed by atoms with E-state index in [1.807, 2.05) is 4.72 Å². The fourth-order valence-corrected chi connectivity index (χ4v) is 2.61. The van der Waals surface area contributed by atoms with Gasteiger partial charge in [0.25, 0.3) is 0 Å². The van der Waals surface area contributed by atoms with Crippen LogP contribution >= 0.6 is 0 Å². The first-order valence-corrected chi connectivity index (χ1v) is 6.83. The molecular weight excluding hydrogens is 274 g/mol. The van der Waals surface area contributed by atoms with Gasteiger partial charge in [0.1, 0.15) is 11.8 Å². The Hall–Kier alpha value is -1.64. The average Bonchev–Trinajstić information content (AvgIpc) is 2.35. The topological polar surface area (TPSA) is 113 Å². The molecule has 106 valence electrons. The summed E-state index contributed by atoms with van der Waals surface area (Å²) in [6, 6.07) is 3.83. The molecule has 0 heterocycles. The van der Waals surface area contributed by atoms with Crippen molar-refractivity contribution in [1.82, 2.24) is 4.72 Å². The average molecular weight is 289 g/mol. The van der Waals surface area contributed by atoms with E-state index in [1.165, 1.54) is 38.3 Å². The second-order valence-electron chi connectivity index (χ2n) is 3.85. The van der Waals surface area contributed by atoms with Gasteiger partial charge in [-0.2, -0.15) is 4.72 Å². The number of ether oxygens (including phenoxy) is 1. The third-order valence-corrected chi connectivity index (χ3v) is 3.86. The number of aliphatic hydroxyl groups excluding tert-OH is 1. The maximum absolute atomic E-state index is 11.9. The van der Waals surface area contributed by atoms with Crippen LogP contribution < -0.4 is 9.46 Å². The molecule has 1 aromatic carbocycles. The van der Waals surface area contributed by atoms with Gasteiger partial charge in [-0.1, -0.05) is 0 Å². The minimum absolute atomic E-state index is 0.111. The van der Waals surface area contributed by atoms with Crippen molar-refractivity contribution in [2.24, 2.45) is 0 Å². The number of nitrogens with one attached hydrogen (secondary N) is 1.